The lowest BCUT2D eigenvalue weighted by Gasteiger charge is -2.47. The van der Waals surface area contributed by atoms with Crippen LogP contribution in [0.3, 0.4) is 0 Å². The van der Waals surface area contributed by atoms with Gasteiger partial charge in [0.2, 0.25) is 11.6 Å². The Morgan fingerprint density at radius 1 is 1.40 bits per heavy atom. The lowest BCUT2D eigenvalue weighted by Crippen LogP contribution is -2.56. The van der Waals surface area contributed by atoms with Crippen molar-refractivity contribution in [2.24, 2.45) is 5.41 Å². The molecule has 1 aliphatic carbocycles. The van der Waals surface area contributed by atoms with Crippen LogP contribution in [0, 0.1) is 12.0 Å². The Kier molecular flexibility index (Phi) is 3.38. The summed E-state index contributed by atoms with van der Waals surface area (Å²) in [6.45, 7) is 15.2. The Bertz CT molecular complexity index is 595. The second-order valence-electron chi connectivity index (χ2n) is 6.13. The Balaban J connectivity index is 2.67. The van der Waals surface area contributed by atoms with Crippen LogP contribution in [0.1, 0.15) is 27.7 Å². The summed E-state index contributed by atoms with van der Waals surface area (Å²) in [6, 6.07) is 0.0863. The fourth-order valence-electron chi connectivity index (χ4n) is 2.96. The summed E-state index contributed by atoms with van der Waals surface area (Å²) < 4.78 is 0. The van der Waals surface area contributed by atoms with Gasteiger partial charge in [0, 0.05) is 18.0 Å². The summed E-state index contributed by atoms with van der Waals surface area (Å²) in [6.07, 6.45) is 3.48. The van der Waals surface area contributed by atoms with Gasteiger partial charge in [0.1, 0.15) is 0 Å². The number of rotatable bonds is 1. The van der Waals surface area contributed by atoms with Crippen LogP contribution in [-0.2, 0) is 9.59 Å². The van der Waals surface area contributed by atoms with E-state index >= 15 is 0 Å². The molecule has 106 valence electrons. The predicted molar refractivity (Wildman–Crippen MR) is 80.8 cm³/mol. The van der Waals surface area contributed by atoms with Crippen molar-refractivity contribution in [1.82, 2.24) is 4.90 Å². The van der Waals surface area contributed by atoms with Crippen LogP contribution >= 0.6 is 9.24 Å². The molecule has 1 heterocycles. The largest absolute Gasteiger partial charge is 0.335 e. The molecule has 1 unspecified atom stereocenters. The number of nitrogens with zero attached hydrogens (tertiary/aromatic N) is 2. The second-order valence-corrected chi connectivity index (χ2v) is 7.04. The van der Waals surface area contributed by atoms with Crippen molar-refractivity contribution in [3.63, 3.8) is 0 Å². The first-order valence-electron chi connectivity index (χ1n) is 6.62. The lowest BCUT2D eigenvalue weighted by atomic mass is 9.67. The van der Waals surface area contributed by atoms with Gasteiger partial charge in [-0.3, -0.25) is 4.79 Å². The number of hydrogen-bond acceptors (Lipinski definition) is 2. The van der Waals surface area contributed by atoms with Crippen LogP contribution in [0.25, 0.3) is 4.85 Å². The zero-order valence-corrected chi connectivity index (χ0v) is 13.4. The number of Topliss-reactive ketones (excluding diaryl/α,β-unsaturated/α-hetero) is 1. The zero-order valence-electron chi connectivity index (χ0n) is 12.2. The monoisotopic (exact) mass is 290 g/mol. The molecule has 0 bridgehead atoms. The first-order chi connectivity index (χ1) is 9.16. The van der Waals surface area contributed by atoms with E-state index in [-0.39, 0.29) is 23.4 Å². The van der Waals surface area contributed by atoms with Crippen molar-refractivity contribution in [1.29, 1.82) is 0 Å². The maximum absolute atomic E-state index is 12.8. The quantitative estimate of drug-likeness (QED) is 0.422. The highest BCUT2D eigenvalue weighted by atomic mass is 31.0. The van der Waals surface area contributed by atoms with Gasteiger partial charge in [-0.1, -0.05) is 26.0 Å². The van der Waals surface area contributed by atoms with Gasteiger partial charge in [-0.15, -0.1) is 9.24 Å². The molecular weight excluding hydrogens is 271 g/mol. The van der Waals surface area contributed by atoms with Crippen molar-refractivity contribution < 1.29 is 9.59 Å². The van der Waals surface area contributed by atoms with Gasteiger partial charge in [0.05, 0.1) is 11.7 Å². The van der Waals surface area contributed by atoms with Crippen LogP contribution < -0.4 is 0 Å². The lowest BCUT2D eigenvalue weighted by molar-refractivity contribution is -0.134. The number of carbonyl (C=O) groups is 2. The average molecular weight is 290 g/mol. The van der Waals surface area contributed by atoms with E-state index in [1.165, 1.54) is 6.08 Å². The molecule has 0 radical (unpaired) electrons. The minimum atomic E-state index is -0.959. The third kappa shape index (κ3) is 1.84. The molecule has 2 rings (SSSR count). The predicted octanol–water partition coefficient (Wildman–Crippen LogP) is 2.19. The molecule has 1 aliphatic heterocycles. The van der Waals surface area contributed by atoms with Gasteiger partial charge in [0.15, 0.2) is 5.78 Å². The maximum Gasteiger partial charge on any atom is 0.239 e. The average Bonchev–Trinajstić information content (AvgIpc) is 2.36. The molecule has 0 saturated carbocycles. The number of carbonyl (C=O) groups excluding carboxylic acids is 2. The Morgan fingerprint density at radius 3 is 2.50 bits per heavy atom. The van der Waals surface area contributed by atoms with Crippen LogP contribution in [0.15, 0.2) is 23.4 Å². The molecule has 4 nitrogen and oxygen atoms in total. The molecule has 2 aliphatic rings. The van der Waals surface area contributed by atoms with Gasteiger partial charge in [-0.05, 0) is 19.4 Å². The summed E-state index contributed by atoms with van der Waals surface area (Å²) in [4.78, 5) is 30.2. The Morgan fingerprint density at radius 2 is 2.00 bits per heavy atom. The summed E-state index contributed by atoms with van der Waals surface area (Å²) in [7, 11) is 2.56. The zero-order chi connectivity index (χ0) is 15.3. The maximum atomic E-state index is 12.8. The van der Waals surface area contributed by atoms with Gasteiger partial charge in [-0.2, -0.15) is 0 Å². The molecule has 0 spiro atoms. The highest BCUT2D eigenvalue weighted by Gasteiger charge is 2.53. The summed E-state index contributed by atoms with van der Waals surface area (Å²) in [5.41, 5.74) is 0.0326. The van der Waals surface area contributed by atoms with Crippen molar-refractivity contribution in [2.75, 3.05) is 6.54 Å². The van der Waals surface area contributed by atoms with Gasteiger partial charge in [0.25, 0.3) is 0 Å². The van der Waals surface area contributed by atoms with Gasteiger partial charge in [-0.25, -0.2) is 4.85 Å². The third-order valence-electron chi connectivity index (χ3n) is 4.13. The molecule has 0 aromatic heterocycles. The van der Waals surface area contributed by atoms with E-state index in [4.69, 9.17) is 6.57 Å². The second kappa shape index (κ2) is 4.53. The van der Waals surface area contributed by atoms with E-state index in [1.807, 2.05) is 19.9 Å². The molecular formula is C15H19N2O2P. The van der Waals surface area contributed by atoms with Crippen LogP contribution in [0.5, 0.6) is 0 Å². The fourth-order valence-corrected chi connectivity index (χ4v) is 3.76. The van der Waals surface area contributed by atoms with Crippen molar-refractivity contribution in [2.45, 2.75) is 38.9 Å². The molecule has 0 fully saturated rings. The number of fused-ring (bicyclic) bond motifs is 1. The normalized spacial score (nSPS) is 28.8. The first-order valence-corrected chi connectivity index (χ1v) is 7.20. The SMILES string of the molecule is [C-]#[N+]C1=C[C@]2(P)C(=O)N(C(C)C)CC=C2C(C)(C)C1=O. The molecule has 0 aromatic carbocycles. The van der Waals surface area contributed by atoms with Gasteiger partial charge >= 0.3 is 0 Å². The van der Waals surface area contributed by atoms with Crippen LogP contribution in [0.2, 0.25) is 0 Å². The minimum absolute atomic E-state index is 0.0566. The molecule has 0 aromatic rings. The Labute approximate surface area is 121 Å². The molecule has 0 N–H and O–H groups in total. The van der Waals surface area contributed by atoms with E-state index in [0.717, 1.165) is 5.57 Å². The van der Waals surface area contributed by atoms with E-state index < -0.39 is 10.6 Å². The summed E-state index contributed by atoms with van der Waals surface area (Å²) in [5.74, 6) is -0.264. The van der Waals surface area contributed by atoms with Crippen LogP contribution in [-0.4, -0.2) is 34.3 Å². The van der Waals surface area contributed by atoms with Crippen molar-refractivity contribution >= 4 is 20.9 Å². The summed E-state index contributed by atoms with van der Waals surface area (Å²) >= 11 is 0. The number of ketones is 1. The minimum Gasteiger partial charge on any atom is -0.335 e. The van der Waals surface area contributed by atoms with E-state index in [0.29, 0.717) is 6.54 Å². The number of allylic oxidation sites excluding steroid dienone is 1. The Hall–Kier alpha value is -1.46. The van der Waals surface area contributed by atoms with Crippen LogP contribution in [0.4, 0.5) is 0 Å². The topological polar surface area (TPSA) is 41.7 Å². The highest BCUT2D eigenvalue weighted by Crippen LogP contribution is 2.50. The molecule has 20 heavy (non-hydrogen) atoms. The van der Waals surface area contributed by atoms with E-state index in [1.54, 1.807) is 18.7 Å². The smallest absolute Gasteiger partial charge is 0.239 e. The van der Waals surface area contributed by atoms with Gasteiger partial charge < -0.3 is 9.69 Å². The first kappa shape index (κ1) is 14.9. The van der Waals surface area contributed by atoms with E-state index in [2.05, 4.69) is 14.1 Å². The van der Waals surface area contributed by atoms with Crippen molar-refractivity contribution in [3.05, 3.63) is 34.8 Å². The number of hydrogen-bond donors (Lipinski definition) is 0. The molecule has 2 atom stereocenters. The fraction of sp³-hybridized carbons (Fsp3) is 0.533. The van der Waals surface area contributed by atoms with E-state index in [9.17, 15) is 9.59 Å². The number of amides is 1. The highest BCUT2D eigenvalue weighted by molar-refractivity contribution is 7.22. The van der Waals surface area contributed by atoms with Crippen molar-refractivity contribution in [3.8, 4) is 0 Å². The standard InChI is InChI=1S/C15H19N2O2P/c1-9(2)17-7-6-11-14(3,4)12(18)10(16-5)8-15(11,20)13(17)19/h6,8-9H,7,20H2,1-4H3/t15-/m1/s1. The third-order valence-corrected chi connectivity index (χ3v) is 4.86. The molecule has 0 saturated heterocycles. The molecule has 5 heteroatoms. The summed E-state index contributed by atoms with van der Waals surface area (Å²) in [5, 5.41) is -0.959. The molecule has 1 amide bonds.